The first-order chi connectivity index (χ1) is 26.0. The number of piperidine rings is 1. The zero-order chi connectivity index (χ0) is 39.9. The number of nitrogens with zero attached hydrogens (tertiary/aromatic N) is 3. The molecule has 8 N–H and O–H groups in total. The van der Waals surface area contributed by atoms with Gasteiger partial charge in [-0.1, -0.05) is 29.8 Å². The lowest BCUT2D eigenvalue weighted by Crippen LogP contribution is -2.56. The molecule has 3 heterocycles. The Hall–Kier alpha value is -5.40. The molecule has 3 aliphatic rings. The summed E-state index contributed by atoms with van der Waals surface area (Å²) in [6.45, 7) is 0.461. The van der Waals surface area contributed by atoms with Crippen LogP contribution in [0.2, 0.25) is 5.02 Å². The van der Waals surface area contributed by atoms with Crippen LogP contribution in [0.5, 0.6) is 17.2 Å². The molecule has 0 aliphatic carbocycles. The normalized spacial score (nSPS) is 18.1. The van der Waals surface area contributed by atoms with Crippen molar-refractivity contribution in [1.82, 2.24) is 25.3 Å². The number of aromatic hydroxyl groups is 2. The Bertz CT molecular complexity index is 2120. The van der Waals surface area contributed by atoms with Crippen LogP contribution in [0.15, 0.2) is 48.5 Å². The number of nitrogens with one attached hydrogen (secondary N) is 2. The van der Waals surface area contributed by atoms with Crippen LogP contribution in [0.1, 0.15) is 50.7 Å². The predicted octanol–water partition coefficient (Wildman–Crippen LogP) is 1.32. The smallest absolute Gasteiger partial charge is 0.534 e. The molecule has 0 radical (unpaired) electrons. The van der Waals surface area contributed by atoms with Gasteiger partial charge in [-0.05, 0) is 60.7 Å². The molecule has 0 saturated carbocycles. The van der Waals surface area contributed by atoms with E-state index in [9.17, 15) is 63.1 Å². The third kappa shape index (κ3) is 7.90. The largest absolute Gasteiger partial charge is 0.547 e. The molecule has 0 spiro atoms. The summed E-state index contributed by atoms with van der Waals surface area (Å²) in [5.41, 5.74) is -0.626. The Morgan fingerprint density at radius 1 is 0.982 bits per heavy atom. The first kappa shape index (κ1) is 39.3. The van der Waals surface area contributed by atoms with E-state index in [-0.39, 0.29) is 65.7 Å². The Labute approximate surface area is 316 Å². The molecule has 6 amide bonds. The SMILES string of the molecule is O=C(O)c1c(F)ccc2c1OB(O)C(NC(=O)C(NC(=O)N1CCN(C3CCN(C(=O)c4ccc(O)c(O)c4Cl)CC3)C1=O)c1ccc(P(=O)(O)O)cc1)C2. The second kappa shape index (κ2) is 15.4. The van der Waals surface area contributed by atoms with Gasteiger partial charge >= 0.3 is 32.7 Å². The number of hydrogen-bond donors (Lipinski definition) is 8. The summed E-state index contributed by atoms with van der Waals surface area (Å²) in [5, 5.41) is 44.0. The van der Waals surface area contributed by atoms with E-state index in [2.05, 4.69) is 10.6 Å². The van der Waals surface area contributed by atoms with Crippen LogP contribution in [-0.2, 0) is 15.8 Å². The molecule has 2 fully saturated rings. The van der Waals surface area contributed by atoms with Crippen molar-refractivity contribution in [3.63, 3.8) is 0 Å². The molecule has 6 rings (SSSR count). The number of amides is 6. The molecule has 3 aliphatic heterocycles. The van der Waals surface area contributed by atoms with Crippen LogP contribution in [0.25, 0.3) is 0 Å². The van der Waals surface area contributed by atoms with E-state index in [0.29, 0.717) is 12.8 Å². The zero-order valence-electron chi connectivity index (χ0n) is 28.5. The molecule has 3 aromatic rings. The number of carboxylic acids is 1. The van der Waals surface area contributed by atoms with Gasteiger partial charge in [0.1, 0.15) is 23.2 Å². The van der Waals surface area contributed by atoms with Crippen LogP contribution in [0.4, 0.5) is 14.0 Å². The van der Waals surface area contributed by atoms with Gasteiger partial charge in [0.2, 0.25) is 5.91 Å². The Morgan fingerprint density at radius 3 is 2.29 bits per heavy atom. The second-order valence-corrected chi connectivity index (χ2v) is 15.0. The van der Waals surface area contributed by atoms with E-state index in [1.165, 1.54) is 34.1 Å². The van der Waals surface area contributed by atoms with Gasteiger partial charge in [0, 0.05) is 32.2 Å². The minimum absolute atomic E-state index is 0.0106. The number of benzene rings is 3. The van der Waals surface area contributed by atoms with Gasteiger partial charge in [0.05, 0.1) is 21.8 Å². The summed E-state index contributed by atoms with van der Waals surface area (Å²) in [4.78, 5) is 88.6. The summed E-state index contributed by atoms with van der Waals surface area (Å²) in [6.07, 6.45) is 0.456. The van der Waals surface area contributed by atoms with E-state index < -0.39 is 85.2 Å². The van der Waals surface area contributed by atoms with Crippen molar-refractivity contribution < 1.29 is 67.7 Å². The van der Waals surface area contributed by atoms with Crippen LogP contribution in [-0.4, -0.2) is 120 Å². The van der Waals surface area contributed by atoms with Gasteiger partial charge in [0.15, 0.2) is 11.5 Å². The summed E-state index contributed by atoms with van der Waals surface area (Å²) in [7, 11) is -6.55. The number of fused-ring (bicyclic) bond motifs is 1. The molecule has 55 heavy (non-hydrogen) atoms. The Balaban J connectivity index is 1.15. The lowest BCUT2D eigenvalue weighted by molar-refractivity contribution is -0.123. The number of carbonyl (C=O) groups is 5. The fourth-order valence-corrected chi connectivity index (χ4v) is 7.52. The van der Waals surface area contributed by atoms with Crippen LogP contribution in [0.3, 0.4) is 0 Å². The highest BCUT2D eigenvalue weighted by molar-refractivity contribution is 7.60. The highest BCUT2D eigenvalue weighted by Crippen LogP contribution is 2.37. The monoisotopic (exact) mass is 803 g/mol. The van der Waals surface area contributed by atoms with Crippen LogP contribution < -0.4 is 20.6 Å². The summed E-state index contributed by atoms with van der Waals surface area (Å²) >= 11 is 6.07. The van der Waals surface area contributed by atoms with Crippen molar-refractivity contribution in [2.45, 2.75) is 37.3 Å². The maximum atomic E-state index is 14.2. The number of phenolic OH excluding ortho intramolecular Hbond substituents is 2. The highest BCUT2D eigenvalue weighted by Gasteiger charge is 2.43. The number of urea groups is 2. The summed E-state index contributed by atoms with van der Waals surface area (Å²) in [6, 6.07) is 5.38. The number of carboxylic acid groups (broad SMARTS) is 1. The molecule has 3 aromatic carbocycles. The van der Waals surface area contributed by atoms with E-state index in [0.717, 1.165) is 29.2 Å². The van der Waals surface area contributed by atoms with Crippen LogP contribution >= 0.6 is 19.2 Å². The summed E-state index contributed by atoms with van der Waals surface area (Å²) < 4.78 is 31.3. The molecule has 2 unspecified atom stereocenters. The second-order valence-electron chi connectivity index (χ2n) is 13.0. The molecule has 0 bridgehead atoms. The van der Waals surface area contributed by atoms with Crippen LogP contribution in [0, 0.1) is 5.82 Å². The fourth-order valence-electron chi connectivity index (χ4n) is 6.74. The van der Waals surface area contributed by atoms with Crippen molar-refractivity contribution >= 4 is 61.5 Å². The number of hydrogen-bond acceptors (Lipinski definition) is 10. The zero-order valence-corrected chi connectivity index (χ0v) is 30.1. The molecule has 2 atom stereocenters. The Kier molecular flexibility index (Phi) is 11.0. The van der Waals surface area contributed by atoms with Gasteiger partial charge in [-0.15, -0.1) is 0 Å². The third-order valence-electron chi connectivity index (χ3n) is 9.65. The molecule has 0 aromatic heterocycles. The molecular formula is C33H33BClFN5O13P. The average molecular weight is 804 g/mol. The molecule has 290 valence electrons. The standard InChI is InChI=1S/C33H33BClFN5O13P/c35-25-20(6-8-22(42)27(25)43)30(45)39-11-9-18(10-12-39)40-13-14-41(33(40)49)32(48)38-26(16-1-4-19(5-2-16)55(51,52)53)29(44)37-23-15-17-3-7-21(36)24(31(46)47)28(17)54-34(23)50/h1-8,18,23,26,42-43,50H,9-15H2,(H,37,44)(H,38,48)(H,46,47)(H2,51,52,53). The van der Waals surface area contributed by atoms with E-state index in [1.54, 1.807) is 0 Å². The van der Waals surface area contributed by atoms with Gasteiger partial charge in [-0.25, -0.2) is 23.7 Å². The summed E-state index contributed by atoms with van der Waals surface area (Å²) in [5.74, 6) is -6.93. The maximum absolute atomic E-state index is 14.2. The van der Waals surface area contributed by atoms with Crippen molar-refractivity contribution in [1.29, 1.82) is 0 Å². The molecular weight excluding hydrogens is 771 g/mol. The minimum Gasteiger partial charge on any atom is -0.534 e. The number of likely N-dealkylation sites (tertiary alicyclic amines) is 1. The van der Waals surface area contributed by atoms with E-state index in [4.69, 9.17) is 16.3 Å². The number of phenols is 2. The molecule has 2 saturated heterocycles. The lowest BCUT2D eigenvalue weighted by atomic mass is 9.72. The maximum Gasteiger partial charge on any atom is 0.547 e. The number of imide groups is 1. The number of rotatable bonds is 8. The minimum atomic E-state index is -4.69. The van der Waals surface area contributed by atoms with Gasteiger partial charge < -0.3 is 55.2 Å². The first-order valence-electron chi connectivity index (χ1n) is 16.7. The van der Waals surface area contributed by atoms with Crippen molar-refractivity contribution in [3.8, 4) is 17.2 Å². The first-order valence-corrected chi connectivity index (χ1v) is 18.7. The van der Waals surface area contributed by atoms with Crippen molar-refractivity contribution in [3.05, 3.63) is 81.6 Å². The third-order valence-corrected chi connectivity index (χ3v) is 11.0. The fraction of sp³-hybridized carbons (Fsp3) is 0.303. The van der Waals surface area contributed by atoms with Crippen molar-refractivity contribution in [2.75, 3.05) is 26.2 Å². The topological polar surface area (TPSA) is 267 Å². The Morgan fingerprint density at radius 2 is 1.65 bits per heavy atom. The van der Waals surface area contributed by atoms with Crippen molar-refractivity contribution in [2.24, 2.45) is 0 Å². The van der Waals surface area contributed by atoms with Gasteiger partial charge in [0.25, 0.3) is 5.91 Å². The molecule has 18 nitrogen and oxygen atoms in total. The predicted molar refractivity (Wildman–Crippen MR) is 190 cm³/mol. The van der Waals surface area contributed by atoms with E-state index >= 15 is 0 Å². The average Bonchev–Trinajstić information content (AvgIpc) is 3.53. The number of carbonyl (C=O) groups excluding carboxylic acids is 4. The van der Waals surface area contributed by atoms with E-state index in [1.807, 2.05) is 0 Å². The van der Waals surface area contributed by atoms with Gasteiger partial charge in [-0.3, -0.25) is 14.2 Å². The quantitative estimate of drug-likeness (QED) is 0.0909. The molecule has 22 heteroatoms. The highest BCUT2D eigenvalue weighted by atomic mass is 35.5. The lowest BCUT2D eigenvalue weighted by Gasteiger charge is -2.36. The number of aromatic carboxylic acids is 1. The van der Waals surface area contributed by atoms with Gasteiger partial charge in [-0.2, -0.15) is 0 Å². The number of halogens is 2.